The van der Waals surface area contributed by atoms with Gasteiger partial charge in [-0.25, -0.2) is 4.98 Å². The number of halogens is 1. The van der Waals surface area contributed by atoms with Crippen molar-refractivity contribution in [3.05, 3.63) is 70.2 Å². The molecular formula is C20H16ClN3. The van der Waals surface area contributed by atoms with E-state index in [1.807, 2.05) is 50.2 Å². The third-order valence-corrected chi connectivity index (χ3v) is 4.29. The Morgan fingerprint density at radius 1 is 0.958 bits per heavy atom. The first kappa shape index (κ1) is 16.0. The smallest absolute Gasteiger partial charge is 0.142 e. The molecule has 0 atom stereocenters. The van der Waals surface area contributed by atoms with Crippen LogP contribution in [0.4, 0.5) is 5.82 Å². The van der Waals surface area contributed by atoms with Crippen molar-refractivity contribution in [1.82, 2.24) is 4.98 Å². The van der Waals surface area contributed by atoms with Crippen molar-refractivity contribution in [3.8, 4) is 28.5 Å². The number of nitrogen functional groups attached to an aromatic ring is 1. The van der Waals surface area contributed by atoms with E-state index in [1.165, 1.54) is 5.56 Å². The van der Waals surface area contributed by atoms with Gasteiger partial charge in [0.2, 0.25) is 0 Å². The van der Waals surface area contributed by atoms with Crippen molar-refractivity contribution < 1.29 is 0 Å². The van der Waals surface area contributed by atoms with Crippen LogP contribution in [0, 0.1) is 25.2 Å². The van der Waals surface area contributed by atoms with Crippen molar-refractivity contribution in [2.24, 2.45) is 0 Å². The second-order valence-corrected chi connectivity index (χ2v) is 6.14. The van der Waals surface area contributed by atoms with E-state index in [1.54, 1.807) is 12.1 Å². The van der Waals surface area contributed by atoms with Gasteiger partial charge < -0.3 is 5.73 Å². The Bertz CT molecular complexity index is 937. The number of pyridine rings is 1. The van der Waals surface area contributed by atoms with E-state index in [0.717, 1.165) is 27.9 Å². The number of aryl methyl sites for hydroxylation is 1. The summed E-state index contributed by atoms with van der Waals surface area (Å²) in [6.45, 7) is 4.00. The molecule has 0 saturated carbocycles. The Morgan fingerprint density at radius 3 is 2.12 bits per heavy atom. The van der Waals surface area contributed by atoms with E-state index in [-0.39, 0.29) is 5.82 Å². The van der Waals surface area contributed by atoms with E-state index < -0.39 is 0 Å². The monoisotopic (exact) mass is 333 g/mol. The summed E-state index contributed by atoms with van der Waals surface area (Å²) in [7, 11) is 0. The highest BCUT2D eigenvalue weighted by atomic mass is 35.5. The molecule has 3 aromatic rings. The van der Waals surface area contributed by atoms with Gasteiger partial charge >= 0.3 is 0 Å². The van der Waals surface area contributed by atoms with Crippen molar-refractivity contribution in [3.63, 3.8) is 0 Å². The summed E-state index contributed by atoms with van der Waals surface area (Å²) in [5.74, 6) is 0.239. The zero-order valence-corrected chi connectivity index (χ0v) is 14.2. The molecule has 4 heteroatoms. The second kappa shape index (κ2) is 6.35. The van der Waals surface area contributed by atoms with Crippen LogP contribution in [-0.2, 0) is 0 Å². The molecule has 0 aliphatic rings. The Labute approximate surface area is 146 Å². The number of aromatic nitrogens is 1. The fraction of sp³-hybridized carbons (Fsp3) is 0.100. The first-order valence-electron chi connectivity index (χ1n) is 7.54. The maximum absolute atomic E-state index is 9.54. The molecule has 0 radical (unpaired) electrons. The number of nitriles is 1. The Kier molecular flexibility index (Phi) is 4.24. The summed E-state index contributed by atoms with van der Waals surface area (Å²) in [4.78, 5) is 4.48. The molecule has 0 saturated heterocycles. The maximum Gasteiger partial charge on any atom is 0.142 e. The number of anilines is 1. The fourth-order valence-corrected chi connectivity index (χ4v) is 2.90. The van der Waals surface area contributed by atoms with Crippen LogP contribution in [0.5, 0.6) is 0 Å². The lowest BCUT2D eigenvalue weighted by Crippen LogP contribution is -2.03. The first-order valence-corrected chi connectivity index (χ1v) is 7.92. The van der Waals surface area contributed by atoms with Crippen LogP contribution in [-0.4, -0.2) is 4.98 Å². The molecule has 3 nitrogen and oxygen atoms in total. The highest BCUT2D eigenvalue weighted by Crippen LogP contribution is 2.36. The van der Waals surface area contributed by atoms with Gasteiger partial charge in [-0.2, -0.15) is 5.26 Å². The molecule has 3 rings (SSSR count). The van der Waals surface area contributed by atoms with Gasteiger partial charge in [0.05, 0.1) is 5.69 Å². The third kappa shape index (κ3) is 2.84. The van der Waals surface area contributed by atoms with E-state index >= 15 is 0 Å². The van der Waals surface area contributed by atoms with Gasteiger partial charge in [0, 0.05) is 16.1 Å². The lowest BCUT2D eigenvalue weighted by molar-refractivity contribution is 1.26. The van der Waals surface area contributed by atoms with E-state index in [2.05, 4.69) is 11.1 Å². The molecule has 0 unspecified atom stereocenters. The molecule has 24 heavy (non-hydrogen) atoms. The molecule has 0 fully saturated rings. The van der Waals surface area contributed by atoms with Gasteiger partial charge in [0.15, 0.2) is 0 Å². The van der Waals surface area contributed by atoms with Gasteiger partial charge in [-0.15, -0.1) is 0 Å². The second-order valence-electron chi connectivity index (χ2n) is 5.71. The Balaban J connectivity index is 2.29. The van der Waals surface area contributed by atoms with Crippen LogP contribution in [0.3, 0.4) is 0 Å². The van der Waals surface area contributed by atoms with Crippen LogP contribution in [0.1, 0.15) is 16.7 Å². The summed E-state index contributed by atoms with van der Waals surface area (Å²) < 4.78 is 0. The molecule has 0 amide bonds. The van der Waals surface area contributed by atoms with Gasteiger partial charge in [-0.05, 0) is 37.1 Å². The van der Waals surface area contributed by atoms with Crippen LogP contribution < -0.4 is 5.73 Å². The minimum Gasteiger partial charge on any atom is -0.383 e. The molecule has 2 aromatic carbocycles. The molecule has 0 spiro atoms. The number of hydrogen-bond acceptors (Lipinski definition) is 3. The van der Waals surface area contributed by atoms with E-state index in [4.69, 9.17) is 17.3 Å². The average Bonchev–Trinajstić information content (AvgIpc) is 2.58. The molecule has 118 valence electrons. The van der Waals surface area contributed by atoms with Crippen LogP contribution in [0.15, 0.2) is 48.5 Å². The van der Waals surface area contributed by atoms with Crippen LogP contribution >= 0.6 is 11.6 Å². The van der Waals surface area contributed by atoms with Gasteiger partial charge in [0.1, 0.15) is 17.5 Å². The molecule has 1 aromatic heterocycles. The van der Waals surface area contributed by atoms with Crippen molar-refractivity contribution in [2.45, 2.75) is 13.8 Å². The van der Waals surface area contributed by atoms with Crippen LogP contribution in [0.2, 0.25) is 5.02 Å². The molecule has 0 aliphatic heterocycles. The highest BCUT2D eigenvalue weighted by molar-refractivity contribution is 6.30. The van der Waals surface area contributed by atoms with Crippen molar-refractivity contribution >= 4 is 17.4 Å². The minimum atomic E-state index is 0.239. The third-order valence-electron chi connectivity index (χ3n) is 4.04. The van der Waals surface area contributed by atoms with Gasteiger partial charge in [-0.1, -0.05) is 53.6 Å². The number of nitrogens with two attached hydrogens (primary N) is 1. The zero-order chi connectivity index (χ0) is 17.3. The Hall–Kier alpha value is -2.83. The quantitative estimate of drug-likeness (QED) is 0.706. The fourth-order valence-electron chi connectivity index (χ4n) is 2.78. The Morgan fingerprint density at radius 2 is 1.54 bits per heavy atom. The number of benzene rings is 2. The molecular weight excluding hydrogens is 318 g/mol. The van der Waals surface area contributed by atoms with Gasteiger partial charge in [-0.3, -0.25) is 0 Å². The normalized spacial score (nSPS) is 10.4. The predicted molar refractivity (Wildman–Crippen MR) is 98.7 cm³/mol. The maximum atomic E-state index is 9.54. The lowest BCUT2D eigenvalue weighted by atomic mass is 9.92. The predicted octanol–water partition coefficient (Wildman–Crippen LogP) is 5.14. The summed E-state index contributed by atoms with van der Waals surface area (Å²) in [6, 6.07) is 17.7. The van der Waals surface area contributed by atoms with Crippen molar-refractivity contribution in [2.75, 3.05) is 5.73 Å². The van der Waals surface area contributed by atoms with E-state index in [9.17, 15) is 5.26 Å². The number of nitrogens with zero attached hydrogens (tertiary/aromatic N) is 2. The molecule has 2 N–H and O–H groups in total. The summed E-state index contributed by atoms with van der Waals surface area (Å²) >= 11 is 5.98. The zero-order valence-electron chi connectivity index (χ0n) is 13.5. The standard InChI is InChI=1S/C20H16ClN3/c1-12-3-5-15(6-4-12)19-13(2)18(17(11-22)20(23)24-19)14-7-9-16(21)10-8-14/h3-10H,1-2H3,(H2,23,24). The minimum absolute atomic E-state index is 0.239. The summed E-state index contributed by atoms with van der Waals surface area (Å²) in [5, 5.41) is 10.2. The number of rotatable bonds is 2. The topological polar surface area (TPSA) is 62.7 Å². The first-order chi connectivity index (χ1) is 11.5. The number of hydrogen-bond donors (Lipinski definition) is 1. The largest absolute Gasteiger partial charge is 0.383 e. The summed E-state index contributed by atoms with van der Waals surface area (Å²) in [5.41, 5.74) is 12.0. The molecule has 0 bridgehead atoms. The lowest BCUT2D eigenvalue weighted by Gasteiger charge is -2.15. The summed E-state index contributed by atoms with van der Waals surface area (Å²) in [6.07, 6.45) is 0. The van der Waals surface area contributed by atoms with Crippen LogP contribution in [0.25, 0.3) is 22.4 Å². The average molecular weight is 334 g/mol. The SMILES string of the molecule is Cc1ccc(-c2nc(N)c(C#N)c(-c3ccc(Cl)cc3)c2C)cc1. The molecule has 1 heterocycles. The van der Waals surface area contributed by atoms with E-state index in [0.29, 0.717) is 10.6 Å². The van der Waals surface area contributed by atoms with Gasteiger partial charge in [0.25, 0.3) is 0 Å². The van der Waals surface area contributed by atoms with Crippen molar-refractivity contribution in [1.29, 1.82) is 5.26 Å². The highest BCUT2D eigenvalue weighted by Gasteiger charge is 2.18. The molecule has 0 aliphatic carbocycles.